The van der Waals surface area contributed by atoms with E-state index in [0.29, 0.717) is 6.54 Å². The number of aliphatic imine (C=N–C) groups is 1. The molecule has 0 saturated carbocycles. The highest BCUT2D eigenvalue weighted by Gasteiger charge is 2.42. The minimum atomic E-state index is -0.221. The van der Waals surface area contributed by atoms with Crippen molar-refractivity contribution in [2.24, 2.45) is 10.4 Å². The summed E-state index contributed by atoms with van der Waals surface area (Å²) in [4.78, 5) is 12.8. The van der Waals surface area contributed by atoms with Crippen LogP contribution in [0.1, 0.15) is 52.0 Å². The van der Waals surface area contributed by atoms with Gasteiger partial charge in [-0.3, -0.25) is 0 Å². The van der Waals surface area contributed by atoms with Crippen LogP contribution < -0.4 is 5.32 Å². The lowest BCUT2D eigenvalue weighted by Crippen LogP contribution is -2.49. The van der Waals surface area contributed by atoms with Gasteiger partial charge in [0.1, 0.15) is 11.7 Å². The van der Waals surface area contributed by atoms with Crippen LogP contribution in [0.15, 0.2) is 76.3 Å². The molecule has 0 unspecified atom stereocenters. The largest absolute Gasteiger partial charge is 0.380 e. The van der Waals surface area contributed by atoms with Crippen LogP contribution in [0.25, 0.3) is 0 Å². The normalized spacial score (nSPS) is 19.5. The number of piperazine rings is 1. The number of rotatable bonds is 10. The van der Waals surface area contributed by atoms with E-state index in [2.05, 4.69) is 59.9 Å². The molecule has 39 heavy (non-hydrogen) atoms. The van der Waals surface area contributed by atoms with Gasteiger partial charge in [-0.25, -0.2) is 13.7 Å². The summed E-state index contributed by atoms with van der Waals surface area (Å²) in [6.07, 6.45) is 4.44. The molecule has 1 aromatic rings. The molecule has 8 heteroatoms. The first-order valence-electron chi connectivity index (χ1n) is 14.1. The number of nitrogens with zero attached hydrogens (tertiary/aromatic N) is 5. The first-order valence-corrected chi connectivity index (χ1v) is 14.9. The lowest BCUT2D eigenvalue weighted by molar-refractivity contribution is 0.195. The third-order valence-corrected chi connectivity index (χ3v) is 9.81. The van der Waals surface area contributed by atoms with Crippen LogP contribution in [0.3, 0.4) is 0 Å². The average Bonchev–Trinajstić information content (AvgIpc) is 2.94. The Morgan fingerprint density at radius 1 is 1.13 bits per heavy atom. The highest BCUT2D eigenvalue weighted by atomic mass is 32.2. The van der Waals surface area contributed by atoms with Crippen LogP contribution in [0.5, 0.6) is 0 Å². The Morgan fingerprint density at radius 2 is 1.82 bits per heavy atom. The summed E-state index contributed by atoms with van der Waals surface area (Å²) in [5.41, 5.74) is 4.87. The number of fused-ring (bicyclic) bond motifs is 1. The Balaban J connectivity index is 1.46. The Labute approximate surface area is 239 Å². The molecule has 212 valence electrons. The lowest BCUT2D eigenvalue weighted by Gasteiger charge is -2.47. The third kappa shape index (κ3) is 6.07. The molecular weight excluding hydrogens is 507 g/mol. The predicted molar refractivity (Wildman–Crippen MR) is 162 cm³/mol. The van der Waals surface area contributed by atoms with Crippen molar-refractivity contribution in [3.8, 4) is 0 Å². The SMILES string of the molecule is C=C(NCc1ccc(F)cc1SN1CCN(C(=C)N(C)C)CC1)C1=C(C)C(=C)N2CCCC(CC)(CC)C2=N1. The van der Waals surface area contributed by atoms with E-state index in [1.807, 2.05) is 25.1 Å². The highest BCUT2D eigenvalue weighted by Crippen LogP contribution is 2.44. The standard InChI is InChI=1S/C31H45FN6S/c1-9-31(10-2)14-11-15-38-24(5)22(3)29(34-30(31)38)23(4)33-21-26-12-13-27(32)20-28(26)39-37-18-16-36(17-19-37)25(6)35(7)8/h12-13,20,33H,4-6,9-11,14-19,21H2,1-3,7-8H3. The van der Waals surface area contributed by atoms with Crippen molar-refractivity contribution >= 4 is 17.8 Å². The minimum absolute atomic E-state index is 0.0805. The first kappa shape index (κ1) is 29.3. The fourth-order valence-corrected chi connectivity index (χ4v) is 6.82. The molecule has 1 aromatic carbocycles. The van der Waals surface area contributed by atoms with E-state index in [0.717, 1.165) is 103 Å². The molecule has 0 radical (unpaired) electrons. The van der Waals surface area contributed by atoms with Gasteiger partial charge in [0.25, 0.3) is 0 Å². The Bertz CT molecular complexity index is 1170. The molecule has 0 atom stereocenters. The second kappa shape index (κ2) is 12.2. The smallest absolute Gasteiger partial charge is 0.124 e. The number of hydrogen-bond donors (Lipinski definition) is 1. The molecule has 6 nitrogen and oxygen atoms in total. The topological polar surface area (TPSA) is 37.4 Å². The van der Waals surface area contributed by atoms with Crippen molar-refractivity contribution in [3.05, 3.63) is 77.8 Å². The fourth-order valence-electron chi connectivity index (χ4n) is 5.77. The van der Waals surface area contributed by atoms with Crippen molar-refractivity contribution in [2.75, 3.05) is 46.8 Å². The van der Waals surface area contributed by atoms with Crippen molar-refractivity contribution < 1.29 is 4.39 Å². The molecule has 2 saturated heterocycles. The lowest BCUT2D eigenvalue weighted by atomic mass is 9.73. The maximum atomic E-state index is 14.3. The first-order chi connectivity index (χ1) is 18.6. The van der Waals surface area contributed by atoms with Gasteiger partial charge >= 0.3 is 0 Å². The summed E-state index contributed by atoms with van der Waals surface area (Å²) in [6, 6.07) is 5.05. The number of hydrogen-bond acceptors (Lipinski definition) is 7. The van der Waals surface area contributed by atoms with E-state index in [1.54, 1.807) is 18.0 Å². The molecule has 0 aromatic heterocycles. The molecule has 2 fully saturated rings. The summed E-state index contributed by atoms with van der Waals surface area (Å²) in [6.45, 7) is 24.7. The molecule has 0 bridgehead atoms. The molecule has 0 amide bonds. The molecule has 3 aliphatic rings. The van der Waals surface area contributed by atoms with Crippen molar-refractivity contribution in [1.82, 2.24) is 24.3 Å². The van der Waals surface area contributed by atoms with Crippen LogP contribution in [0.4, 0.5) is 4.39 Å². The van der Waals surface area contributed by atoms with E-state index >= 15 is 0 Å². The maximum absolute atomic E-state index is 14.3. The molecule has 0 spiro atoms. The van der Waals surface area contributed by atoms with Crippen LogP contribution in [0, 0.1) is 11.2 Å². The quantitative estimate of drug-likeness (QED) is 0.349. The Morgan fingerprint density at radius 3 is 2.46 bits per heavy atom. The molecule has 3 aliphatic heterocycles. The third-order valence-electron chi connectivity index (χ3n) is 8.61. The number of piperidine rings is 1. The van der Waals surface area contributed by atoms with Crippen molar-refractivity contribution in [2.45, 2.75) is 57.9 Å². The molecule has 1 N–H and O–H groups in total. The van der Waals surface area contributed by atoms with Gasteiger partial charge in [0.2, 0.25) is 0 Å². The number of allylic oxidation sites excluding steroid dienone is 1. The summed E-state index contributed by atoms with van der Waals surface area (Å²) in [5.74, 6) is 1.95. The van der Waals surface area contributed by atoms with Gasteiger partial charge in [0, 0.05) is 69.4 Å². The van der Waals surface area contributed by atoms with Crippen molar-refractivity contribution in [3.63, 3.8) is 0 Å². The van der Waals surface area contributed by atoms with Crippen LogP contribution in [0.2, 0.25) is 0 Å². The zero-order valence-electron chi connectivity index (χ0n) is 24.4. The van der Waals surface area contributed by atoms with E-state index in [9.17, 15) is 4.39 Å². The molecule has 4 rings (SSSR count). The van der Waals surface area contributed by atoms with Crippen LogP contribution in [-0.4, -0.2) is 71.7 Å². The molecular formula is C31H45FN6S. The van der Waals surface area contributed by atoms with E-state index in [4.69, 9.17) is 4.99 Å². The van der Waals surface area contributed by atoms with Gasteiger partial charge in [-0.1, -0.05) is 39.7 Å². The van der Waals surface area contributed by atoms with Gasteiger partial charge in [-0.05, 0) is 67.8 Å². The highest BCUT2D eigenvalue weighted by molar-refractivity contribution is 7.97. The van der Waals surface area contributed by atoms with E-state index < -0.39 is 0 Å². The summed E-state index contributed by atoms with van der Waals surface area (Å²) < 4.78 is 16.6. The van der Waals surface area contributed by atoms with Crippen molar-refractivity contribution in [1.29, 1.82) is 0 Å². The summed E-state index contributed by atoms with van der Waals surface area (Å²) in [7, 11) is 4.04. The Hall–Kier alpha value is -2.71. The number of nitrogens with one attached hydrogen (secondary N) is 1. The van der Waals surface area contributed by atoms with Crippen LogP contribution >= 0.6 is 11.9 Å². The maximum Gasteiger partial charge on any atom is 0.124 e. The predicted octanol–water partition coefficient (Wildman–Crippen LogP) is 6.19. The summed E-state index contributed by atoms with van der Waals surface area (Å²) in [5, 5.41) is 3.51. The number of halogens is 1. The zero-order chi connectivity index (χ0) is 28.3. The molecule has 3 heterocycles. The second-order valence-electron chi connectivity index (χ2n) is 11.0. The monoisotopic (exact) mass is 552 g/mol. The second-order valence-corrected chi connectivity index (χ2v) is 12.1. The van der Waals surface area contributed by atoms with Gasteiger partial charge in [-0.2, -0.15) is 0 Å². The summed E-state index contributed by atoms with van der Waals surface area (Å²) >= 11 is 1.63. The minimum Gasteiger partial charge on any atom is -0.380 e. The fraction of sp³-hybridized carbons (Fsp3) is 0.516. The number of amidine groups is 1. The van der Waals surface area contributed by atoms with Gasteiger partial charge in [-0.15, -0.1) is 0 Å². The van der Waals surface area contributed by atoms with Crippen LogP contribution in [-0.2, 0) is 6.54 Å². The van der Waals surface area contributed by atoms with E-state index in [-0.39, 0.29) is 11.2 Å². The van der Waals surface area contributed by atoms with Gasteiger partial charge < -0.3 is 20.0 Å². The Kier molecular flexibility index (Phi) is 9.17. The van der Waals surface area contributed by atoms with Gasteiger partial charge in [0.15, 0.2) is 0 Å². The van der Waals surface area contributed by atoms with E-state index in [1.165, 1.54) is 6.07 Å². The van der Waals surface area contributed by atoms with Gasteiger partial charge in [0.05, 0.1) is 17.2 Å². The average molecular weight is 553 g/mol. The zero-order valence-corrected chi connectivity index (χ0v) is 25.3. The molecule has 0 aliphatic carbocycles. The number of benzene rings is 1.